The van der Waals surface area contributed by atoms with E-state index in [4.69, 9.17) is 0 Å². The molecule has 4 heteroatoms. The molecule has 2 aliphatic rings. The number of carbonyl (C=O) groups excluding carboxylic acids is 1. The zero-order chi connectivity index (χ0) is 9.26. The van der Waals surface area contributed by atoms with Crippen LogP contribution in [0.3, 0.4) is 0 Å². The number of aliphatic hydroxyl groups is 1. The van der Waals surface area contributed by atoms with Crippen molar-refractivity contribution >= 4 is 5.91 Å². The number of hydrogen-bond donors (Lipinski definition) is 2. The van der Waals surface area contributed by atoms with Gasteiger partial charge in [0.2, 0.25) is 5.91 Å². The summed E-state index contributed by atoms with van der Waals surface area (Å²) in [7, 11) is 0. The predicted molar refractivity (Wildman–Crippen MR) is 48.2 cm³/mol. The normalized spacial score (nSPS) is 34.1. The molecular weight excluding hydrogens is 168 g/mol. The van der Waals surface area contributed by atoms with E-state index < -0.39 is 0 Å². The van der Waals surface area contributed by atoms with Crippen molar-refractivity contribution in [2.24, 2.45) is 0 Å². The van der Waals surface area contributed by atoms with Gasteiger partial charge in [-0.2, -0.15) is 0 Å². The molecular formula is C9H16N2O2. The highest BCUT2D eigenvalue weighted by atomic mass is 16.3. The molecule has 13 heavy (non-hydrogen) atoms. The number of rotatable bonds is 1. The van der Waals surface area contributed by atoms with Crippen LogP contribution in [0.2, 0.25) is 0 Å². The quantitative estimate of drug-likeness (QED) is 0.568. The molecule has 0 unspecified atom stereocenters. The van der Waals surface area contributed by atoms with Gasteiger partial charge in [0.15, 0.2) is 0 Å². The van der Waals surface area contributed by atoms with Crippen molar-refractivity contribution in [3.8, 4) is 0 Å². The summed E-state index contributed by atoms with van der Waals surface area (Å²) in [5, 5.41) is 12.3. The highest BCUT2D eigenvalue weighted by molar-refractivity contribution is 5.82. The average Bonchev–Trinajstić information content (AvgIpc) is 2.72. The molecule has 2 atom stereocenters. The first kappa shape index (κ1) is 8.97. The summed E-state index contributed by atoms with van der Waals surface area (Å²) >= 11 is 0. The fraction of sp³-hybridized carbons (Fsp3) is 0.889. The Balaban J connectivity index is 1.89. The molecule has 2 saturated heterocycles. The summed E-state index contributed by atoms with van der Waals surface area (Å²) in [6.45, 7) is 2.35. The minimum absolute atomic E-state index is 0.131. The lowest BCUT2D eigenvalue weighted by Crippen LogP contribution is -2.42. The van der Waals surface area contributed by atoms with Crippen molar-refractivity contribution in [1.82, 2.24) is 10.2 Å². The minimum atomic E-state index is -0.337. The number of β-amino-alcohol motifs (C(OH)–C–C–N with tert-alkyl or cyclic N) is 1. The van der Waals surface area contributed by atoms with Crippen LogP contribution in [0.5, 0.6) is 0 Å². The van der Waals surface area contributed by atoms with Crippen molar-refractivity contribution in [1.29, 1.82) is 0 Å². The van der Waals surface area contributed by atoms with E-state index in [1.54, 1.807) is 0 Å². The van der Waals surface area contributed by atoms with Crippen LogP contribution in [-0.2, 0) is 4.79 Å². The van der Waals surface area contributed by atoms with Crippen LogP contribution in [0, 0.1) is 0 Å². The Bertz CT molecular complexity index is 202. The second-order valence-electron chi connectivity index (χ2n) is 3.88. The van der Waals surface area contributed by atoms with E-state index >= 15 is 0 Å². The van der Waals surface area contributed by atoms with Crippen LogP contribution in [0.15, 0.2) is 0 Å². The van der Waals surface area contributed by atoms with Gasteiger partial charge in [-0.1, -0.05) is 0 Å². The van der Waals surface area contributed by atoms with Crippen molar-refractivity contribution in [3.05, 3.63) is 0 Å². The minimum Gasteiger partial charge on any atom is -0.392 e. The van der Waals surface area contributed by atoms with E-state index in [9.17, 15) is 9.90 Å². The third kappa shape index (κ3) is 1.84. The number of nitrogens with one attached hydrogen (secondary N) is 1. The van der Waals surface area contributed by atoms with Gasteiger partial charge in [0.05, 0.1) is 12.1 Å². The molecule has 0 aromatic rings. The van der Waals surface area contributed by atoms with Gasteiger partial charge in [0.25, 0.3) is 0 Å². The van der Waals surface area contributed by atoms with Crippen LogP contribution >= 0.6 is 0 Å². The summed E-state index contributed by atoms with van der Waals surface area (Å²) in [5.41, 5.74) is 0. The van der Waals surface area contributed by atoms with Gasteiger partial charge < -0.3 is 15.3 Å². The molecule has 4 nitrogen and oxygen atoms in total. The first-order chi connectivity index (χ1) is 6.27. The van der Waals surface area contributed by atoms with Crippen LogP contribution in [-0.4, -0.2) is 47.7 Å². The van der Waals surface area contributed by atoms with Crippen LogP contribution in [0.25, 0.3) is 0 Å². The monoisotopic (exact) mass is 184 g/mol. The molecule has 74 valence electrons. The summed E-state index contributed by atoms with van der Waals surface area (Å²) in [5.74, 6) is 0.175. The van der Waals surface area contributed by atoms with Crippen molar-refractivity contribution in [2.45, 2.75) is 31.4 Å². The Morgan fingerprint density at radius 2 is 2.08 bits per heavy atom. The second-order valence-corrected chi connectivity index (χ2v) is 3.88. The summed E-state index contributed by atoms with van der Waals surface area (Å²) in [6.07, 6.45) is 2.49. The standard InChI is InChI=1S/C9H16N2O2/c12-7-5-8(10-6-7)9(13)11-3-1-2-4-11/h7-8,10,12H,1-6H2/t7-,8+/m1/s1. The SMILES string of the molecule is O=C([C@@H]1C[C@@H](O)CN1)N1CCCC1. The molecule has 2 N–H and O–H groups in total. The maximum atomic E-state index is 11.7. The molecule has 1 amide bonds. The fourth-order valence-corrected chi connectivity index (χ4v) is 2.06. The highest BCUT2D eigenvalue weighted by Crippen LogP contribution is 2.14. The lowest BCUT2D eigenvalue weighted by molar-refractivity contribution is -0.132. The molecule has 0 saturated carbocycles. The third-order valence-electron chi connectivity index (χ3n) is 2.82. The molecule has 2 fully saturated rings. The van der Waals surface area contributed by atoms with Crippen LogP contribution in [0.1, 0.15) is 19.3 Å². The van der Waals surface area contributed by atoms with E-state index in [0.717, 1.165) is 25.9 Å². The maximum Gasteiger partial charge on any atom is 0.239 e. The van der Waals surface area contributed by atoms with Crippen LogP contribution in [0.4, 0.5) is 0 Å². The molecule has 0 bridgehead atoms. The zero-order valence-electron chi connectivity index (χ0n) is 7.70. The van der Waals surface area contributed by atoms with Gasteiger partial charge in [0, 0.05) is 19.6 Å². The molecule has 0 aliphatic carbocycles. The number of nitrogens with zero attached hydrogens (tertiary/aromatic N) is 1. The zero-order valence-corrected chi connectivity index (χ0v) is 7.70. The molecule has 2 rings (SSSR count). The van der Waals surface area contributed by atoms with E-state index in [1.807, 2.05) is 4.90 Å². The van der Waals surface area contributed by atoms with Gasteiger partial charge in [-0.25, -0.2) is 0 Å². The molecule has 0 spiro atoms. The number of aliphatic hydroxyl groups excluding tert-OH is 1. The second kappa shape index (κ2) is 3.64. The predicted octanol–water partition coefficient (Wildman–Crippen LogP) is -0.668. The van der Waals surface area contributed by atoms with Crippen molar-refractivity contribution < 1.29 is 9.90 Å². The van der Waals surface area contributed by atoms with E-state index in [0.29, 0.717) is 13.0 Å². The van der Waals surface area contributed by atoms with Gasteiger partial charge >= 0.3 is 0 Å². The summed E-state index contributed by atoms with van der Waals surface area (Å²) in [6, 6.07) is -0.131. The lowest BCUT2D eigenvalue weighted by atomic mass is 10.2. The number of amides is 1. The van der Waals surface area contributed by atoms with Gasteiger partial charge in [-0.15, -0.1) is 0 Å². The summed E-state index contributed by atoms with van der Waals surface area (Å²) < 4.78 is 0. The van der Waals surface area contributed by atoms with Gasteiger partial charge in [0.1, 0.15) is 0 Å². The van der Waals surface area contributed by atoms with Crippen LogP contribution < -0.4 is 5.32 Å². The Hall–Kier alpha value is -0.610. The van der Waals surface area contributed by atoms with E-state index in [2.05, 4.69) is 5.32 Å². The maximum absolute atomic E-state index is 11.7. The third-order valence-corrected chi connectivity index (χ3v) is 2.82. The Labute approximate surface area is 77.9 Å². The van der Waals surface area contributed by atoms with Crippen molar-refractivity contribution in [2.75, 3.05) is 19.6 Å². The largest absolute Gasteiger partial charge is 0.392 e. The van der Waals surface area contributed by atoms with E-state index in [1.165, 1.54) is 0 Å². The Morgan fingerprint density at radius 3 is 2.62 bits per heavy atom. The molecule has 2 aliphatic heterocycles. The smallest absolute Gasteiger partial charge is 0.239 e. The van der Waals surface area contributed by atoms with Gasteiger partial charge in [-0.05, 0) is 19.3 Å². The fourth-order valence-electron chi connectivity index (χ4n) is 2.06. The first-order valence-electron chi connectivity index (χ1n) is 4.97. The Kier molecular flexibility index (Phi) is 2.51. The molecule has 2 heterocycles. The molecule has 0 aromatic carbocycles. The topological polar surface area (TPSA) is 52.6 Å². The highest BCUT2D eigenvalue weighted by Gasteiger charge is 2.32. The number of likely N-dealkylation sites (tertiary alicyclic amines) is 1. The lowest BCUT2D eigenvalue weighted by Gasteiger charge is -2.19. The number of carbonyl (C=O) groups is 1. The summed E-state index contributed by atoms with van der Waals surface area (Å²) in [4.78, 5) is 13.6. The average molecular weight is 184 g/mol. The van der Waals surface area contributed by atoms with E-state index in [-0.39, 0.29) is 18.1 Å². The van der Waals surface area contributed by atoms with Gasteiger partial charge in [-0.3, -0.25) is 4.79 Å². The first-order valence-corrected chi connectivity index (χ1v) is 4.97. The number of hydrogen-bond acceptors (Lipinski definition) is 3. The molecule has 0 radical (unpaired) electrons. The molecule has 0 aromatic heterocycles. The Morgan fingerprint density at radius 1 is 1.38 bits per heavy atom. The van der Waals surface area contributed by atoms with Crippen molar-refractivity contribution in [3.63, 3.8) is 0 Å².